The van der Waals surface area contributed by atoms with Crippen molar-refractivity contribution in [3.63, 3.8) is 0 Å². The lowest BCUT2D eigenvalue weighted by atomic mass is 10.0. The number of hydrogen-bond donors (Lipinski definition) is 3. The van der Waals surface area contributed by atoms with Crippen molar-refractivity contribution in [1.82, 2.24) is 0 Å². The number of aromatic hydroxyl groups is 3. The third kappa shape index (κ3) is 2.76. The molecule has 0 saturated carbocycles. The second kappa shape index (κ2) is 5.31. The van der Waals surface area contributed by atoms with E-state index >= 15 is 0 Å². The molecule has 2 aromatic rings. The molecule has 2 aromatic carbocycles. The van der Waals surface area contributed by atoms with Crippen LogP contribution in [0, 0.1) is 0 Å². The molecule has 0 aliphatic heterocycles. The van der Waals surface area contributed by atoms with E-state index in [9.17, 15) is 15.3 Å². The summed E-state index contributed by atoms with van der Waals surface area (Å²) >= 11 is 3.37. The van der Waals surface area contributed by atoms with Gasteiger partial charge in [0.2, 0.25) is 5.75 Å². The first-order chi connectivity index (χ1) is 8.58. The Hall–Kier alpha value is -1.68. The molecular weight excluding hydrogens is 296 g/mol. The SMILES string of the molecule is Oc1ccc(CCc2ccc(Br)cc2)c(O)c1O. The quantitative estimate of drug-likeness (QED) is 0.762. The zero-order valence-corrected chi connectivity index (χ0v) is 11.2. The van der Waals surface area contributed by atoms with Crippen LogP contribution in [0.15, 0.2) is 40.9 Å². The number of phenolic OH excluding ortho intramolecular Hbond substituents is 3. The van der Waals surface area contributed by atoms with E-state index in [4.69, 9.17) is 0 Å². The molecule has 4 heteroatoms. The Morgan fingerprint density at radius 3 is 2.11 bits per heavy atom. The number of halogens is 1. The molecule has 0 bridgehead atoms. The monoisotopic (exact) mass is 308 g/mol. The van der Waals surface area contributed by atoms with E-state index < -0.39 is 5.75 Å². The van der Waals surface area contributed by atoms with Crippen molar-refractivity contribution in [2.24, 2.45) is 0 Å². The molecule has 0 spiro atoms. The van der Waals surface area contributed by atoms with Crippen LogP contribution in [0.4, 0.5) is 0 Å². The molecule has 94 valence electrons. The molecule has 0 heterocycles. The highest BCUT2D eigenvalue weighted by Gasteiger charge is 2.10. The molecule has 0 unspecified atom stereocenters. The van der Waals surface area contributed by atoms with Crippen LogP contribution < -0.4 is 0 Å². The van der Waals surface area contributed by atoms with E-state index in [0.29, 0.717) is 12.0 Å². The van der Waals surface area contributed by atoms with E-state index in [1.165, 1.54) is 6.07 Å². The average molecular weight is 309 g/mol. The average Bonchev–Trinajstić information content (AvgIpc) is 2.37. The first-order valence-electron chi connectivity index (χ1n) is 5.55. The van der Waals surface area contributed by atoms with Gasteiger partial charge in [0.1, 0.15) is 0 Å². The molecule has 18 heavy (non-hydrogen) atoms. The normalized spacial score (nSPS) is 10.5. The Morgan fingerprint density at radius 1 is 0.778 bits per heavy atom. The smallest absolute Gasteiger partial charge is 0.200 e. The van der Waals surface area contributed by atoms with E-state index in [0.717, 1.165) is 16.5 Å². The van der Waals surface area contributed by atoms with Crippen molar-refractivity contribution in [2.45, 2.75) is 12.8 Å². The van der Waals surface area contributed by atoms with Gasteiger partial charge >= 0.3 is 0 Å². The predicted octanol–water partition coefficient (Wildman–Crippen LogP) is 3.35. The van der Waals surface area contributed by atoms with Gasteiger partial charge in [0.25, 0.3) is 0 Å². The van der Waals surface area contributed by atoms with Gasteiger partial charge in [0.05, 0.1) is 0 Å². The summed E-state index contributed by atoms with van der Waals surface area (Å²) in [6.45, 7) is 0. The minimum Gasteiger partial charge on any atom is -0.504 e. The summed E-state index contributed by atoms with van der Waals surface area (Å²) in [5, 5.41) is 28.3. The molecule has 0 aliphatic rings. The van der Waals surface area contributed by atoms with Crippen LogP contribution in [-0.2, 0) is 12.8 Å². The lowest BCUT2D eigenvalue weighted by molar-refractivity contribution is 0.365. The summed E-state index contributed by atoms with van der Waals surface area (Å²) in [6.07, 6.45) is 1.35. The number of aryl methyl sites for hydroxylation is 2. The van der Waals surface area contributed by atoms with E-state index in [1.807, 2.05) is 24.3 Å². The topological polar surface area (TPSA) is 60.7 Å². The number of benzene rings is 2. The van der Waals surface area contributed by atoms with E-state index in [2.05, 4.69) is 15.9 Å². The summed E-state index contributed by atoms with van der Waals surface area (Å²) in [4.78, 5) is 0. The van der Waals surface area contributed by atoms with Crippen LogP contribution in [-0.4, -0.2) is 15.3 Å². The van der Waals surface area contributed by atoms with Crippen LogP contribution in [0.25, 0.3) is 0 Å². The van der Waals surface area contributed by atoms with Crippen molar-refractivity contribution in [3.05, 3.63) is 52.0 Å². The standard InChI is InChI=1S/C14H13BrO3/c15-11-6-2-9(3-7-11)1-4-10-5-8-12(16)14(18)13(10)17/h2-3,5-8,16-18H,1,4H2. The number of phenols is 3. The largest absolute Gasteiger partial charge is 0.504 e. The maximum Gasteiger partial charge on any atom is 0.200 e. The van der Waals surface area contributed by atoms with E-state index in [-0.39, 0.29) is 11.5 Å². The van der Waals surface area contributed by atoms with Gasteiger partial charge in [-0.2, -0.15) is 0 Å². The summed E-state index contributed by atoms with van der Waals surface area (Å²) in [5.41, 5.74) is 1.76. The van der Waals surface area contributed by atoms with Gasteiger partial charge in [-0.05, 0) is 42.2 Å². The highest BCUT2D eigenvalue weighted by molar-refractivity contribution is 9.10. The molecule has 0 fully saturated rings. The Kier molecular flexibility index (Phi) is 3.77. The molecule has 3 nitrogen and oxygen atoms in total. The fraction of sp³-hybridized carbons (Fsp3) is 0.143. The molecule has 0 saturated heterocycles. The minimum atomic E-state index is -0.455. The van der Waals surface area contributed by atoms with Crippen LogP contribution in [0.5, 0.6) is 17.2 Å². The maximum atomic E-state index is 9.68. The third-order valence-electron chi connectivity index (χ3n) is 2.81. The van der Waals surface area contributed by atoms with Crippen LogP contribution >= 0.6 is 15.9 Å². The third-order valence-corrected chi connectivity index (χ3v) is 3.34. The van der Waals surface area contributed by atoms with E-state index in [1.54, 1.807) is 6.07 Å². The summed E-state index contributed by atoms with van der Waals surface area (Å²) < 4.78 is 1.02. The van der Waals surface area contributed by atoms with Gasteiger partial charge in [-0.1, -0.05) is 34.1 Å². The Bertz CT molecular complexity index is 550. The molecule has 0 amide bonds. The maximum absolute atomic E-state index is 9.68. The van der Waals surface area contributed by atoms with Crippen molar-refractivity contribution >= 4 is 15.9 Å². The Balaban J connectivity index is 2.11. The van der Waals surface area contributed by atoms with Crippen molar-refractivity contribution in [3.8, 4) is 17.2 Å². The van der Waals surface area contributed by atoms with Gasteiger partial charge in [-0.3, -0.25) is 0 Å². The van der Waals surface area contributed by atoms with Gasteiger partial charge in [0.15, 0.2) is 11.5 Å². The van der Waals surface area contributed by atoms with Gasteiger partial charge in [-0.15, -0.1) is 0 Å². The van der Waals surface area contributed by atoms with Crippen molar-refractivity contribution in [1.29, 1.82) is 0 Å². The van der Waals surface area contributed by atoms with Gasteiger partial charge < -0.3 is 15.3 Å². The Morgan fingerprint density at radius 2 is 1.44 bits per heavy atom. The highest BCUT2D eigenvalue weighted by atomic mass is 79.9. The van der Waals surface area contributed by atoms with Crippen LogP contribution in [0.2, 0.25) is 0 Å². The van der Waals surface area contributed by atoms with Gasteiger partial charge in [-0.25, -0.2) is 0 Å². The number of rotatable bonds is 3. The zero-order chi connectivity index (χ0) is 13.1. The molecule has 0 radical (unpaired) electrons. The highest BCUT2D eigenvalue weighted by Crippen LogP contribution is 2.37. The summed E-state index contributed by atoms with van der Waals surface area (Å²) in [5.74, 6) is -1.00. The van der Waals surface area contributed by atoms with Crippen LogP contribution in [0.3, 0.4) is 0 Å². The predicted molar refractivity (Wildman–Crippen MR) is 73.0 cm³/mol. The van der Waals surface area contributed by atoms with Crippen molar-refractivity contribution in [2.75, 3.05) is 0 Å². The molecule has 0 aromatic heterocycles. The van der Waals surface area contributed by atoms with Crippen LogP contribution in [0.1, 0.15) is 11.1 Å². The fourth-order valence-electron chi connectivity index (χ4n) is 1.74. The first-order valence-corrected chi connectivity index (χ1v) is 6.34. The summed E-state index contributed by atoms with van der Waals surface area (Å²) in [7, 11) is 0. The fourth-order valence-corrected chi connectivity index (χ4v) is 2.01. The lowest BCUT2D eigenvalue weighted by Gasteiger charge is -2.07. The zero-order valence-electron chi connectivity index (χ0n) is 9.60. The number of hydrogen-bond acceptors (Lipinski definition) is 3. The van der Waals surface area contributed by atoms with Gasteiger partial charge in [0, 0.05) is 4.47 Å². The molecule has 0 atom stereocenters. The second-order valence-corrected chi connectivity index (χ2v) is 4.98. The Labute approximate surface area is 113 Å². The first kappa shape index (κ1) is 12.8. The molecule has 2 rings (SSSR count). The molecular formula is C14H13BrO3. The second-order valence-electron chi connectivity index (χ2n) is 4.07. The van der Waals surface area contributed by atoms with Crippen molar-refractivity contribution < 1.29 is 15.3 Å². The molecule has 3 N–H and O–H groups in total. The molecule has 0 aliphatic carbocycles. The summed E-state index contributed by atoms with van der Waals surface area (Å²) in [6, 6.07) is 10.9. The lowest BCUT2D eigenvalue weighted by Crippen LogP contribution is -1.92. The minimum absolute atomic E-state index is 0.243.